The van der Waals surface area contributed by atoms with Crippen LogP contribution in [-0.2, 0) is 30.4 Å². The summed E-state index contributed by atoms with van der Waals surface area (Å²) < 4.78 is 11.1. The lowest BCUT2D eigenvalue weighted by Gasteiger charge is -2.15. The third-order valence-electron chi connectivity index (χ3n) is 4.15. The molecule has 0 radical (unpaired) electrons. The SMILES string of the molecule is CCOC(=O)c1c(N=C2SC(=CC(=O)OC)C(=O)N2c2ccccc2)ncn1CC(C)=O. The molecule has 2 aromatic rings. The quantitative estimate of drug-likeness (QED) is 0.460. The summed E-state index contributed by atoms with van der Waals surface area (Å²) in [5, 5.41) is 0.176. The molecule has 0 unspecified atom stereocenters. The number of hydrogen-bond donors (Lipinski definition) is 0. The Kier molecular flexibility index (Phi) is 7.21. The third-order valence-corrected chi connectivity index (χ3v) is 5.12. The van der Waals surface area contributed by atoms with Crippen LogP contribution >= 0.6 is 11.8 Å². The molecule has 166 valence electrons. The molecular weight excluding hydrogens is 436 g/mol. The topological polar surface area (TPSA) is 120 Å². The number of thioether (sulfide) groups is 1. The molecule has 1 aromatic carbocycles. The first-order valence-electron chi connectivity index (χ1n) is 9.53. The van der Waals surface area contributed by atoms with E-state index in [0.29, 0.717) is 5.69 Å². The zero-order chi connectivity index (χ0) is 23.3. The number of imidazole rings is 1. The zero-order valence-corrected chi connectivity index (χ0v) is 18.4. The number of rotatable bonds is 7. The number of ether oxygens (including phenoxy) is 2. The molecule has 1 aliphatic rings. The summed E-state index contributed by atoms with van der Waals surface area (Å²) in [6, 6.07) is 8.70. The van der Waals surface area contributed by atoms with Crippen LogP contribution in [0.5, 0.6) is 0 Å². The van der Waals surface area contributed by atoms with Gasteiger partial charge in [-0.1, -0.05) is 18.2 Å². The number of ketones is 1. The number of anilines is 1. The molecular formula is C21H20N4O6S. The molecule has 0 N–H and O–H groups in total. The van der Waals surface area contributed by atoms with E-state index in [1.54, 1.807) is 37.3 Å². The Balaban J connectivity index is 2.12. The number of amidine groups is 1. The summed E-state index contributed by atoms with van der Waals surface area (Å²) in [7, 11) is 1.21. The number of Topliss-reactive ketones (excluding diaryl/α,β-unsaturated/α-hetero) is 1. The number of para-hydroxylation sites is 1. The normalized spacial score (nSPS) is 16.0. The van der Waals surface area contributed by atoms with E-state index in [9.17, 15) is 19.2 Å². The van der Waals surface area contributed by atoms with Gasteiger partial charge in [-0.05, 0) is 37.7 Å². The number of aliphatic imine (C=N–C) groups is 1. The third kappa shape index (κ3) is 4.94. The largest absolute Gasteiger partial charge is 0.466 e. The first-order valence-corrected chi connectivity index (χ1v) is 10.3. The Hall–Kier alpha value is -3.73. The van der Waals surface area contributed by atoms with Crippen molar-refractivity contribution < 1.29 is 28.7 Å². The van der Waals surface area contributed by atoms with E-state index in [0.717, 1.165) is 17.8 Å². The second-order valence-electron chi connectivity index (χ2n) is 6.47. The Labute approximate surface area is 187 Å². The van der Waals surface area contributed by atoms with Crippen LogP contribution in [0.4, 0.5) is 11.5 Å². The lowest BCUT2D eigenvalue weighted by Crippen LogP contribution is -2.28. The molecule has 1 fully saturated rings. The van der Waals surface area contributed by atoms with Crippen molar-refractivity contribution in [3.05, 3.63) is 53.3 Å². The van der Waals surface area contributed by atoms with Crippen molar-refractivity contribution in [3.63, 3.8) is 0 Å². The number of aromatic nitrogens is 2. The molecule has 32 heavy (non-hydrogen) atoms. The number of esters is 2. The van der Waals surface area contributed by atoms with Gasteiger partial charge < -0.3 is 14.0 Å². The van der Waals surface area contributed by atoms with Crippen molar-refractivity contribution >= 4 is 52.1 Å². The first-order chi connectivity index (χ1) is 15.3. The minimum absolute atomic E-state index is 0.0130. The standard InChI is InChI=1S/C21H20N4O6S/c1-4-31-20(29)17-18(22-12-24(17)11-13(2)26)23-21-25(14-8-6-5-7-9-14)19(28)15(32-21)10-16(27)30-3/h5-10,12H,4,11H2,1-3H3. The number of carbonyl (C=O) groups excluding carboxylic acids is 4. The zero-order valence-electron chi connectivity index (χ0n) is 17.6. The molecule has 0 bridgehead atoms. The molecule has 0 aliphatic carbocycles. The molecule has 0 atom stereocenters. The lowest BCUT2D eigenvalue weighted by molar-refractivity contribution is -0.135. The first kappa shape index (κ1) is 22.9. The number of amides is 1. The van der Waals surface area contributed by atoms with E-state index in [4.69, 9.17) is 4.74 Å². The predicted molar refractivity (Wildman–Crippen MR) is 118 cm³/mol. The summed E-state index contributed by atoms with van der Waals surface area (Å²) in [6.45, 7) is 3.07. The highest BCUT2D eigenvalue weighted by Crippen LogP contribution is 2.36. The molecule has 1 aromatic heterocycles. The minimum atomic E-state index is -0.698. The Bertz CT molecular complexity index is 1120. The highest BCUT2D eigenvalue weighted by atomic mass is 32.2. The minimum Gasteiger partial charge on any atom is -0.466 e. The van der Waals surface area contributed by atoms with Gasteiger partial charge in [-0.15, -0.1) is 0 Å². The van der Waals surface area contributed by atoms with E-state index in [1.165, 1.54) is 29.8 Å². The van der Waals surface area contributed by atoms with Gasteiger partial charge in [0.25, 0.3) is 5.91 Å². The van der Waals surface area contributed by atoms with E-state index in [2.05, 4.69) is 14.7 Å². The predicted octanol–water partition coefficient (Wildman–Crippen LogP) is 2.47. The number of hydrogen-bond acceptors (Lipinski definition) is 9. The molecule has 0 spiro atoms. The summed E-state index contributed by atoms with van der Waals surface area (Å²) >= 11 is 0.936. The van der Waals surface area contributed by atoms with Crippen LogP contribution < -0.4 is 4.90 Å². The average molecular weight is 456 g/mol. The molecule has 11 heteroatoms. The van der Waals surface area contributed by atoms with Crippen LogP contribution in [0.2, 0.25) is 0 Å². The maximum absolute atomic E-state index is 13.0. The summed E-state index contributed by atoms with van der Waals surface area (Å²) in [5.41, 5.74) is 0.499. The Morgan fingerprint density at radius 1 is 1.22 bits per heavy atom. The number of methoxy groups -OCH3 is 1. The Morgan fingerprint density at radius 3 is 2.56 bits per heavy atom. The van der Waals surface area contributed by atoms with Crippen molar-refractivity contribution in [1.29, 1.82) is 0 Å². The summed E-state index contributed by atoms with van der Waals surface area (Å²) in [4.78, 5) is 58.9. The van der Waals surface area contributed by atoms with Crippen molar-refractivity contribution in [3.8, 4) is 0 Å². The number of nitrogens with zero attached hydrogens (tertiary/aromatic N) is 4. The van der Waals surface area contributed by atoms with Crippen LogP contribution in [-0.4, -0.2) is 52.1 Å². The van der Waals surface area contributed by atoms with Crippen LogP contribution in [0.1, 0.15) is 24.3 Å². The fourth-order valence-electron chi connectivity index (χ4n) is 2.83. The number of carbonyl (C=O) groups is 4. The van der Waals surface area contributed by atoms with Crippen LogP contribution in [0, 0.1) is 0 Å². The van der Waals surface area contributed by atoms with Gasteiger partial charge >= 0.3 is 11.9 Å². The van der Waals surface area contributed by atoms with Gasteiger partial charge in [0.2, 0.25) is 0 Å². The molecule has 3 rings (SSSR count). The highest BCUT2D eigenvalue weighted by Gasteiger charge is 2.36. The highest BCUT2D eigenvalue weighted by molar-refractivity contribution is 8.19. The van der Waals surface area contributed by atoms with Gasteiger partial charge in [-0.3, -0.25) is 14.5 Å². The van der Waals surface area contributed by atoms with Crippen molar-refractivity contribution in [2.24, 2.45) is 4.99 Å². The van der Waals surface area contributed by atoms with Crippen LogP contribution in [0.3, 0.4) is 0 Å². The molecule has 0 saturated carbocycles. The van der Waals surface area contributed by atoms with E-state index < -0.39 is 17.8 Å². The lowest BCUT2D eigenvalue weighted by atomic mass is 10.3. The monoisotopic (exact) mass is 456 g/mol. The van der Waals surface area contributed by atoms with Gasteiger partial charge in [0.1, 0.15) is 5.78 Å². The van der Waals surface area contributed by atoms with Crippen molar-refractivity contribution in [1.82, 2.24) is 9.55 Å². The summed E-state index contributed by atoms with van der Waals surface area (Å²) in [5.74, 6) is -2.07. The number of benzene rings is 1. The molecule has 1 saturated heterocycles. The van der Waals surface area contributed by atoms with Crippen molar-refractivity contribution in [2.75, 3.05) is 18.6 Å². The summed E-state index contributed by atoms with van der Waals surface area (Å²) in [6.07, 6.45) is 2.39. The van der Waals surface area contributed by atoms with E-state index in [-0.39, 0.29) is 40.5 Å². The van der Waals surface area contributed by atoms with Crippen LogP contribution in [0.25, 0.3) is 0 Å². The second-order valence-corrected chi connectivity index (χ2v) is 7.48. The Morgan fingerprint density at radius 2 is 1.94 bits per heavy atom. The van der Waals surface area contributed by atoms with E-state index >= 15 is 0 Å². The van der Waals surface area contributed by atoms with Gasteiger partial charge in [0.15, 0.2) is 16.7 Å². The maximum atomic E-state index is 13.0. The van der Waals surface area contributed by atoms with Gasteiger partial charge in [0.05, 0.1) is 37.2 Å². The molecule has 1 aliphatic heterocycles. The van der Waals surface area contributed by atoms with Crippen LogP contribution in [0.15, 0.2) is 52.6 Å². The average Bonchev–Trinajstić information content (AvgIpc) is 3.28. The smallest absolute Gasteiger partial charge is 0.358 e. The fourth-order valence-corrected chi connectivity index (χ4v) is 3.77. The van der Waals surface area contributed by atoms with Crippen molar-refractivity contribution in [2.45, 2.75) is 20.4 Å². The second kappa shape index (κ2) is 10.1. The van der Waals surface area contributed by atoms with E-state index in [1.807, 2.05) is 0 Å². The fraction of sp³-hybridized carbons (Fsp3) is 0.238. The maximum Gasteiger partial charge on any atom is 0.358 e. The van der Waals surface area contributed by atoms with Gasteiger partial charge in [-0.2, -0.15) is 0 Å². The molecule has 2 heterocycles. The molecule has 1 amide bonds. The van der Waals surface area contributed by atoms with Gasteiger partial charge in [0, 0.05) is 6.08 Å². The van der Waals surface area contributed by atoms with Gasteiger partial charge in [-0.25, -0.2) is 19.6 Å². The molecule has 10 nitrogen and oxygen atoms in total.